The van der Waals surface area contributed by atoms with Crippen LogP contribution in [0.25, 0.3) is 0 Å². The summed E-state index contributed by atoms with van der Waals surface area (Å²) in [5.41, 5.74) is -0.762. The van der Waals surface area contributed by atoms with Gasteiger partial charge in [0.1, 0.15) is 0 Å². The fraction of sp³-hybridized carbons (Fsp3) is 0.857. The summed E-state index contributed by atoms with van der Waals surface area (Å²) in [6.45, 7) is 0.210. The highest BCUT2D eigenvalue weighted by Gasteiger charge is 2.60. The molecule has 1 rings (SSSR count). The summed E-state index contributed by atoms with van der Waals surface area (Å²) in [7, 11) is -1.61. The molecule has 1 aliphatic carbocycles. The molecule has 1 saturated carbocycles. The highest BCUT2D eigenvalue weighted by molar-refractivity contribution is 7.91. The molecule has 68 valence electrons. The molecule has 0 radical (unpaired) electrons. The van der Waals surface area contributed by atoms with Gasteiger partial charge in [0.05, 0.1) is 23.3 Å². The first-order chi connectivity index (χ1) is 5.46. The molecule has 5 heteroatoms. The molecule has 0 aromatic heterocycles. The largest absolute Gasteiger partial charge is 0.383 e. The molecule has 0 amide bonds. The lowest BCUT2D eigenvalue weighted by Crippen LogP contribution is -2.17. The van der Waals surface area contributed by atoms with Crippen LogP contribution in [0.5, 0.6) is 0 Å². The second-order valence-corrected chi connectivity index (χ2v) is 5.45. The average molecular weight is 189 g/mol. The van der Waals surface area contributed by atoms with Crippen molar-refractivity contribution in [1.82, 2.24) is 0 Å². The molecule has 0 unspecified atom stereocenters. The third-order valence-electron chi connectivity index (χ3n) is 2.15. The summed E-state index contributed by atoms with van der Waals surface area (Å²) >= 11 is 0. The van der Waals surface area contributed by atoms with E-state index in [1.165, 1.54) is 7.11 Å². The third kappa shape index (κ3) is 1.45. The molecule has 4 nitrogen and oxygen atoms in total. The Morgan fingerprint density at radius 1 is 1.75 bits per heavy atom. The summed E-state index contributed by atoms with van der Waals surface area (Å²) in [6, 6.07) is 2.01. The molecule has 1 fully saturated rings. The molecule has 1 aliphatic rings. The van der Waals surface area contributed by atoms with Gasteiger partial charge in [-0.1, -0.05) is 0 Å². The van der Waals surface area contributed by atoms with Crippen LogP contribution in [-0.2, 0) is 14.6 Å². The van der Waals surface area contributed by atoms with Crippen molar-refractivity contribution in [3.8, 4) is 6.07 Å². The quantitative estimate of drug-likeness (QED) is 0.624. The Morgan fingerprint density at radius 3 is 2.58 bits per heavy atom. The van der Waals surface area contributed by atoms with E-state index in [1.54, 1.807) is 0 Å². The van der Waals surface area contributed by atoms with E-state index >= 15 is 0 Å². The zero-order chi connectivity index (χ0) is 9.41. The Kier molecular flexibility index (Phi) is 2.15. The normalized spacial score (nSPS) is 34.2. The maximum atomic E-state index is 11.0. The van der Waals surface area contributed by atoms with Crippen LogP contribution in [0.15, 0.2) is 0 Å². The molecule has 0 bridgehead atoms. The van der Waals surface area contributed by atoms with E-state index in [1.807, 2.05) is 6.07 Å². The van der Waals surface area contributed by atoms with E-state index in [0.29, 0.717) is 6.42 Å². The van der Waals surface area contributed by atoms with Crippen LogP contribution in [0.3, 0.4) is 0 Å². The van der Waals surface area contributed by atoms with Crippen LogP contribution in [0.1, 0.15) is 6.42 Å². The second kappa shape index (κ2) is 2.71. The van der Waals surface area contributed by atoms with Crippen molar-refractivity contribution in [1.29, 1.82) is 5.26 Å². The maximum absolute atomic E-state index is 11.0. The summed E-state index contributed by atoms with van der Waals surface area (Å²) < 4.78 is 26.9. The standard InChI is InChI=1S/C7H11NO3S/c1-11-5-7(4-8)3-6(7)12(2,9)10/h6H,3,5H2,1-2H3/t6-,7+/m0/s1. The van der Waals surface area contributed by atoms with Gasteiger partial charge >= 0.3 is 0 Å². The molecular formula is C7H11NO3S. The molecule has 0 N–H and O–H groups in total. The molecule has 0 aromatic rings. The number of rotatable bonds is 3. The molecule has 0 heterocycles. The highest BCUT2D eigenvalue weighted by atomic mass is 32.2. The van der Waals surface area contributed by atoms with Crippen LogP contribution in [-0.4, -0.2) is 33.6 Å². The molecule has 0 aromatic carbocycles. The van der Waals surface area contributed by atoms with Crippen LogP contribution in [0.2, 0.25) is 0 Å². The molecular weight excluding hydrogens is 178 g/mol. The minimum Gasteiger partial charge on any atom is -0.383 e. The van der Waals surface area contributed by atoms with Gasteiger partial charge in [-0.25, -0.2) is 8.42 Å². The fourth-order valence-electron chi connectivity index (χ4n) is 1.39. The van der Waals surface area contributed by atoms with E-state index in [4.69, 9.17) is 10.00 Å². The van der Waals surface area contributed by atoms with Crippen molar-refractivity contribution in [3.05, 3.63) is 0 Å². The second-order valence-electron chi connectivity index (χ2n) is 3.22. The molecule has 0 spiro atoms. The molecule has 0 saturated heterocycles. The van der Waals surface area contributed by atoms with Crippen LogP contribution < -0.4 is 0 Å². The van der Waals surface area contributed by atoms with Gasteiger partial charge < -0.3 is 4.74 Å². The first-order valence-corrected chi connectivity index (χ1v) is 5.51. The number of ether oxygens (including phenoxy) is 1. The SMILES string of the molecule is COC[C@]1(C#N)C[C@@H]1S(C)(=O)=O. The van der Waals surface area contributed by atoms with Crippen LogP contribution in [0, 0.1) is 16.7 Å². The van der Waals surface area contributed by atoms with Gasteiger partial charge in [-0.2, -0.15) is 5.26 Å². The fourth-order valence-corrected chi connectivity index (χ4v) is 2.93. The van der Waals surface area contributed by atoms with E-state index in [2.05, 4.69) is 0 Å². The van der Waals surface area contributed by atoms with Crippen molar-refractivity contribution in [3.63, 3.8) is 0 Å². The van der Waals surface area contributed by atoms with Crippen molar-refractivity contribution in [2.45, 2.75) is 11.7 Å². The van der Waals surface area contributed by atoms with Gasteiger partial charge in [-0.05, 0) is 6.42 Å². The maximum Gasteiger partial charge on any atom is 0.152 e. The summed E-state index contributed by atoms with van der Waals surface area (Å²) in [5, 5.41) is 8.21. The van der Waals surface area contributed by atoms with Gasteiger partial charge in [0.2, 0.25) is 0 Å². The number of methoxy groups -OCH3 is 1. The topological polar surface area (TPSA) is 67.2 Å². The zero-order valence-corrected chi connectivity index (χ0v) is 7.89. The number of hydrogen-bond acceptors (Lipinski definition) is 4. The first-order valence-electron chi connectivity index (χ1n) is 3.55. The van der Waals surface area contributed by atoms with Gasteiger partial charge in [-0.15, -0.1) is 0 Å². The molecule has 0 aliphatic heterocycles. The smallest absolute Gasteiger partial charge is 0.152 e. The summed E-state index contributed by atoms with van der Waals surface area (Å²) in [6.07, 6.45) is 1.57. The number of nitriles is 1. The first kappa shape index (κ1) is 9.49. The van der Waals surface area contributed by atoms with Gasteiger partial charge in [0.25, 0.3) is 0 Å². The monoisotopic (exact) mass is 189 g/mol. The summed E-state index contributed by atoms with van der Waals surface area (Å²) in [4.78, 5) is 0. The summed E-state index contributed by atoms with van der Waals surface area (Å²) in [5.74, 6) is 0. The van der Waals surface area contributed by atoms with Crippen molar-refractivity contribution in [2.24, 2.45) is 5.41 Å². The van der Waals surface area contributed by atoms with Crippen LogP contribution >= 0.6 is 0 Å². The van der Waals surface area contributed by atoms with E-state index in [-0.39, 0.29) is 6.61 Å². The lowest BCUT2D eigenvalue weighted by atomic mass is 10.1. The number of sulfone groups is 1. The minimum atomic E-state index is -3.07. The van der Waals surface area contributed by atoms with Gasteiger partial charge in [0, 0.05) is 13.4 Å². The van der Waals surface area contributed by atoms with Crippen molar-refractivity contribution < 1.29 is 13.2 Å². The molecule has 2 atom stereocenters. The Balaban J connectivity index is 2.76. The lowest BCUT2D eigenvalue weighted by Gasteiger charge is -2.04. The van der Waals surface area contributed by atoms with Gasteiger partial charge in [0.15, 0.2) is 9.84 Å². The van der Waals surface area contributed by atoms with E-state index in [9.17, 15) is 8.42 Å². The van der Waals surface area contributed by atoms with E-state index < -0.39 is 20.5 Å². The predicted octanol–water partition coefficient (Wildman–Crippen LogP) is -0.0403. The Labute approximate surface area is 72.1 Å². The van der Waals surface area contributed by atoms with Crippen molar-refractivity contribution in [2.75, 3.05) is 20.0 Å². The number of hydrogen-bond donors (Lipinski definition) is 0. The Morgan fingerprint density at radius 2 is 2.33 bits per heavy atom. The minimum absolute atomic E-state index is 0.210. The van der Waals surface area contributed by atoms with E-state index in [0.717, 1.165) is 6.26 Å². The lowest BCUT2D eigenvalue weighted by molar-refractivity contribution is 0.164. The predicted molar refractivity (Wildman–Crippen MR) is 43.2 cm³/mol. The zero-order valence-electron chi connectivity index (χ0n) is 7.07. The highest BCUT2D eigenvalue weighted by Crippen LogP contribution is 2.49. The van der Waals surface area contributed by atoms with Gasteiger partial charge in [-0.3, -0.25) is 0 Å². The average Bonchev–Trinajstić information content (AvgIpc) is 2.64. The Bertz CT molecular complexity index is 316. The molecule has 12 heavy (non-hydrogen) atoms. The van der Waals surface area contributed by atoms with Crippen molar-refractivity contribution >= 4 is 9.84 Å². The number of nitrogens with zero attached hydrogens (tertiary/aromatic N) is 1. The third-order valence-corrected chi connectivity index (χ3v) is 3.80. The Hall–Kier alpha value is -0.600. The van der Waals surface area contributed by atoms with Crippen LogP contribution in [0.4, 0.5) is 0 Å².